The van der Waals surface area contributed by atoms with E-state index in [1.54, 1.807) is 0 Å². The molecule has 1 aliphatic heterocycles. The van der Waals surface area contributed by atoms with Gasteiger partial charge in [-0.05, 0) is 37.0 Å². The topological polar surface area (TPSA) is 60.8 Å². The molecule has 2 atom stereocenters. The summed E-state index contributed by atoms with van der Waals surface area (Å²) in [4.78, 5) is 13.4. The van der Waals surface area contributed by atoms with Gasteiger partial charge in [0.2, 0.25) is 0 Å². The smallest absolute Gasteiger partial charge is 0.352 e. The Labute approximate surface area is 137 Å². The van der Waals surface area contributed by atoms with Gasteiger partial charge in [-0.25, -0.2) is 4.39 Å². The van der Waals surface area contributed by atoms with E-state index in [1.807, 2.05) is 0 Å². The Morgan fingerprint density at radius 1 is 1.29 bits per heavy atom. The first-order valence-corrected chi connectivity index (χ1v) is 8.09. The van der Waals surface area contributed by atoms with Gasteiger partial charge >= 0.3 is 5.92 Å². The Hall–Kier alpha value is -1.60. The second-order valence-electron chi connectivity index (χ2n) is 6.73. The van der Waals surface area contributed by atoms with Gasteiger partial charge in [0.05, 0.1) is 12.1 Å². The van der Waals surface area contributed by atoms with Crippen molar-refractivity contribution in [1.29, 1.82) is 0 Å². The lowest BCUT2D eigenvalue weighted by atomic mass is 9.92. The lowest BCUT2D eigenvalue weighted by Crippen LogP contribution is -2.57. The van der Waals surface area contributed by atoms with E-state index < -0.39 is 35.4 Å². The van der Waals surface area contributed by atoms with Crippen LogP contribution < -0.4 is 0 Å². The number of β-amino-alcohol motifs (C(OH)–C–C–N with tert-alkyl or cyclic N) is 1. The molecule has 0 aromatic heterocycles. The van der Waals surface area contributed by atoms with E-state index in [0.717, 1.165) is 4.90 Å². The second kappa shape index (κ2) is 6.04. The molecule has 3 rings (SSSR count). The maximum absolute atomic E-state index is 14.7. The van der Waals surface area contributed by atoms with E-state index in [4.69, 9.17) is 0 Å². The summed E-state index contributed by atoms with van der Waals surface area (Å²) >= 11 is 0. The first-order valence-electron chi connectivity index (χ1n) is 8.09. The third-order valence-electron chi connectivity index (χ3n) is 5.06. The number of carbonyl (C=O) groups excluding carboxylic acids is 1. The first kappa shape index (κ1) is 17.2. The van der Waals surface area contributed by atoms with Crippen molar-refractivity contribution in [3.05, 3.63) is 35.6 Å². The molecular weight excluding hydrogens is 323 g/mol. The Morgan fingerprint density at radius 3 is 2.58 bits per heavy atom. The number of carbonyl (C=O) groups is 1. The summed E-state index contributed by atoms with van der Waals surface area (Å²) in [5.41, 5.74) is -1.99. The predicted molar refractivity (Wildman–Crippen MR) is 79.8 cm³/mol. The lowest BCUT2D eigenvalue weighted by Gasteiger charge is -2.35. The number of rotatable bonds is 3. The molecule has 1 aromatic rings. The van der Waals surface area contributed by atoms with Gasteiger partial charge in [-0.2, -0.15) is 8.78 Å². The fourth-order valence-electron chi connectivity index (χ4n) is 3.72. The van der Waals surface area contributed by atoms with Crippen LogP contribution in [0.3, 0.4) is 0 Å². The van der Waals surface area contributed by atoms with Gasteiger partial charge in [-0.1, -0.05) is 25.0 Å². The zero-order valence-corrected chi connectivity index (χ0v) is 13.1. The van der Waals surface area contributed by atoms with Crippen molar-refractivity contribution in [3.8, 4) is 0 Å². The molecular formula is C17H20F3NO3. The van der Waals surface area contributed by atoms with Gasteiger partial charge in [0, 0.05) is 6.54 Å². The quantitative estimate of drug-likeness (QED) is 0.886. The molecule has 2 aliphatic rings. The minimum Gasteiger partial charge on any atom is -0.391 e. The standard InChI is InChI=1S/C17H20F3NO3/c18-12-5-3-4-11(8-12)14-9-13(22)10-21(14)15(23)17(19,20)16(24)6-1-2-7-16/h3-5,8,13-14,22,24H,1-2,6-7,9-10H2/t13-,14+/m0/s1. The number of aliphatic hydroxyl groups excluding tert-OH is 1. The zero-order chi connectivity index (χ0) is 17.5. The van der Waals surface area contributed by atoms with Gasteiger partial charge in [-0.15, -0.1) is 0 Å². The van der Waals surface area contributed by atoms with Gasteiger partial charge in [0.15, 0.2) is 0 Å². The summed E-state index contributed by atoms with van der Waals surface area (Å²) in [5.74, 6) is -5.97. The molecule has 2 fully saturated rings. The molecule has 7 heteroatoms. The van der Waals surface area contributed by atoms with Crippen LogP contribution in [0, 0.1) is 5.82 Å². The highest BCUT2D eigenvalue weighted by Crippen LogP contribution is 2.45. The van der Waals surface area contributed by atoms with Crippen LogP contribution in [0.15, 0.2) is 24.3 Å². The SMILES string of the molecule is O=C(N1C[C@@H](O)C[C@@H]1c1cccc(F)c1)C(F)(F)C1(O)CCCC1. The molecule has 1 saturated carbocycles. The number of amides is 1. The molecule has 1 aromatic carbocycles. The van der Waals surface area contributed by atoms with Crippen LogP contribution >= 0.6 is 0 Å². The van der Waals surface area contributed by atoms with Crippen molar-refractivity contribution in [2.24, 2.45) is 0 Å². The highest BCUT2D eigenvalue weighted by molar-refractivity contribution is 5.85. The summed E-state index contributed by atoms with van der Waals surface area (Å²) in [6.07, 6.45) is -0.287. The van der Waals surface area contributed by atoms with Crippen molar-refractivity contribution < 1.29 is 28.2 Å². The minimum absolute atomic E-state index is 0.0592. The summed E-state index contributed by atoms with van der Waals surface area (Å²) in [7, 11) is 0. The molecule has 0 spiro atoms. The molecule has 1 saturated heterocycles. The molecule has 132 valence electrons. The fourth-order valence-corrected chi connectivity index (χ4v) is 3.72. The first-order chi connectivity index (χ1) is 11.2. The third-order valence-corrected chi connectivity index (χ3v) is 5.06. The van der Waals surface area contributed by atoms with E-state index >= 15 is 0 Å². The summed E-state index contributed by atoms with van der Waals surface area (Å²) in [6, 6.07) is 4.52. The molecule has 1 heterocycles. The fraction of sp³-hybridized carbons (Fsp3) is 0.588. The van der Waals surface area contributed by atoms with Crippen LogP contribution in [0.1, 0.15) is 43.7 Å². The Balaban J connectivity index is 1.89. The molecule has 4 nitrogen and oxygen atoms in total. The Bertz CT molecular complexity index is 631. The number of nitrogens with zero attached hydrogens (tertiary/aromatic N) is 1. The second-order valence-corrected chi connectivity index (χ2v) is 6.73. The van der Waals surface area contributed by atoms with Crippen molar-refractivity contribution >= 4 is 5.91 Å². The van der Waals surface area contributed by atoms with Crippen LogP contribution in [-0.2, 0) is 4.79 Å². The maximum atomic E-state index is 14.7. The van der Waals surface area contributed by atoms with Gasteiger partial charge < -0.3 is 15.1 Å². The van der Waals surface area contributed by atoms with E-state index in [1.165, 1.54) is 24.3 Å². The summed E-state index contributed by atoms with van der Waals surface area (Å²) in [5, 5.41) is 20.0. The molecule has 0 radical (unpaired) electrons. The largest absolute Gasteiger partial charge is 0.391 e. The number of halogens is 3. The molecule has 0 unspecified atom stereocenters. The van der Waals surface area contributed by atoms with Crippen LogP contribution in [0.25, 0.3) is 0 Å². The van der Waals surface area contributed by atoms with Crippen molar-refractivity contribution in [2.75, 3.05) is 6.54 Å². The van der Waals surface area contributed by atoms with Crippen molar-refractivity contribution in [2.45, 2.75) is 55.8 Å². The molecule has 1 amide bonds. The van der Waals surface area contributed by atoms with Crippen LogP contribution in [-0.4, -0.2) is 45.2 Å². The van der Waals surface area contributed by atoms with E-state index in [9.17, 15) is 28.2 Å². The normalized spacial score (nSPS) is 26.8. The van der Waals surface area contributed by atoms with E-state index in [-0.39, 0.29) is 25.8 Å². The van der Waals surface area contributed by atoms with Crippen LogP contribution in [0.4, 0.5) is 13.2 Å². The van der Waals surface area contributed by atoms with Gasteiger partial charge in [-0.3, -0.25) is 4.79 Å². The average molecular weight is 343 g/mol. The van der Waals surface area contributed by atoms with Crippen molar-refractivity contribution in [1.82, 2.24) is 4.90 Å². The van der Waals surface area contributed by atoms with Crippen LogP contribution in [0.5, 0.6) is 0 Å². The van der Waals surface area contributed by atoms with Gasteiger partial charge in [0.1, 0.15) is 11.4 Å². The number of likely N-dealkylation sites (tertiary alicyclic amines) is 1. The predicted octanol–water partition coefficient (Wildman–Crippen LogP) is 2.40. The number of hydrogen-bond acceptors (Lipinski definition) is 3. The highest BCUT2D eigenvalue weighted by atomic mass is 19.3. The Kier molecular flexibility index (Phi) is 4.34. The number of hydrogen-bond donors (Lipinski definition) is 2. The average Bonchev–Trinajstić information content (AvgIpc) is 3.13. The highest BCUT2D eigenvalue weighted by Gasteiger charge is 2.61. The lowest BCUT2D eigenvalue weighted by molar-refractivity contribution is -0.201. The molecule has 1 aliphatic carbocycles. The Morgan fingerprint density at radius 2 is 1.96 bits per heavy atom. The maximum Gasteiger partial charge on any atom is 0.352 e. The monoisotopic (exact) mass is 343 g/mol. The number of alkyl halides is 2. The summed E-state index contributed by atoms with van der Waals surface area (Å²) in [6.45, 7) is -0.258. The van der Waals surface area contributed by atoms with E-state index in [2.05, 4.69) is 0 Å². The number of aliphatic hydroxyl groups is 2. The molecule has 2 N–H and O–H groups in total. The minimum atomic E-state index is -3.93. The third kappa shape index (κ3) is 2.80. The van der Waals surface area contributed by atoms with Crippen LogP contribution in [0.2, 0.25) is 0 Å². The molecule has 0 bridgehead atoms. The van der Waals surface area contributed by atoms with Crippen molar-refractivity contribution in [3.63, 3.8) is 0 Å². The zero-order valence-electron chi connectivity index (χ0n) is 13.1. The summed E-state index contributed by atoms with van der Waals surface area (Å²) < 4.78 is 42.7. The number of benzene rings is 1. The van der Waals surface area contributed by atoms with Gasteiger partial charge in [0.25, 0.3) is 5.91 Å². The van der Waals surface area contributed by atoms with E-state index in [0.29, 0.717) is 18.4 Å². The molecule has 24 heavy (non-hydrogen) atoms.